The molecule has 0 aromatic heterocycles. The number of nitrogens with one attached hydrogen (secondary N) is 1. The molecule has 4 heteroatoms. The first kappa shape index (κ1) is 15.4. The highest BCUT2D eigenvalue weighted by Crippen LogP contribution is 2.16. The zero-order chi connectivity index (χ0) is 12.8. The van der Waals surface area contributed by atoms with Gasteiger partial charge in [-0.25, -0.2) is 0 Å². The maximum atomic E-state index is 11.4. The SMILES string of the molecule is CCC(C)(C)N(C)CCC(NC)C(=O)OC. The van der Waals surface area contributed by atoms with Crippen molar-refractivity contribution in [3.05, 3.63) is 0 Å². The van der Waals surface area contributed by atoms with E-state index in [1.807, 2.05) is 0 Å². The van der Waals surface area contributed by atoms with E-state index in [-0.39, 0.29) is 17.6 Å². The number of ether oxygens (including phenoxy) is 1. The third kappa shape index (κ3) is 4.49. The Bertz CT molecular complexity index is 217. The molecular formula is C12H26N2O2. The van der Waals surface area contributed by atoms with Crippen LogP contribution in [0.5, 0.6) is 0 Å². The van der Waals surface area contributed by atoms with E-state index in [0.717, 1.165) is 19.4 Å². The van der Waals surface area contributed by atoms with Gasteiger partial charge < -0.3 is 15.0 Å². The normalized spacial score (nSPS) is 13.9. The van der Waals surface area contributed by atoms with E-state index in [2.05, 4.69) is 38.0 Å². The number of hydrogen-bond acceptors (Lipinski definition) is 4. The molecular weight excluding hydrogens is 204 g/mol. The first-order valence-corrected chi connectivity index (χ1v) is 5.85. The van der Waals surface area contributed by atoms with Crippen molar-refractivity contribution in [3.63, 3.8) is 0 Å². The van der Waals surface area contributed by atoms with Gasteiger partial charge in [0.1, 0.15) is 6.04 Å². The van der Waals surface area contributed by atoms with Crippen molar-refractivity contribution in [2.75, 3.05) is 27.7 Å². The molecule has 0 aromatic carbocycles. The lowest BCUT2D eigenvalue weighted by Crippen LogP contribution is -2.44. The minimum atomic E-state index is -0.208. The number of rotatable bonds is 7. The molecule has 0 spiro atoms. The maximum Gasteiger partial charge on any atom is 0.322 e. The van der Waals surface area contributed by atoms with Crippen LogP contribution in [0, 0.1) is 0 Å². The molecule has 0 aliphatic rings. The molecule has 1 unspecified atom stereocenters. The van der Waals surface area contributed by atoms with Gasteiger partial charge in [0.15, 0.2) is 0 Å². The molecule has 0 aliphatic carbocycles. The zero-order valence-electron chi connectivity index (χ0n) is 11.5. The van der Waals surface area contributed by atoms with Crippen molar-refractivity contribution in [1.82, 2.24) is 10.2 Å². The van der Waals surface area contributed by atoms with Gasteiger partial charge in [-0.1, -0.05) is 6.92 Å². The van der Waals surface area contributed by atoms with Crippen molar-refractivity contribution < 1.29 is 9.53 Å². The van der Waals surface area contributed by atoms with Crippen LogP contribution >= 0.6 is 0 Å². The number of likely N-dealkylation sites (N-methyl/N-ethyl adjacent to an activating group) is 1. The average Bonchev–Trinajstić information content (AvgIpc) is 2.28. The van der Waals surface area contributed by atoms with Crippen LogP contribution in [0.15, 0.2) is 0 Å². The topological polar surface area (TPSA) is 41.6 Å². The van der Waals surface area contributed by atoms with Crippen molar-refractivity contribution in [3.8, 4) is 0 Å². The molecule has 0 radical (unpaired) electrons. The fraction of sp³-hybridized carbons (Fsp3) is 0.917. The summed E-state index contributed by atoms with van der Waals surface area (Å²) in [5.41, 5.74) is 0.175. The molecule has 1 atom stereocenters. The zero-order valence-corrected chi connectivity index (χ0v) is 11.5. The first-order valence-electron chi connectivity index (χ1n) is 5.85. The van der Waals surface area contributed by atoms with Crippen molar-refractivity contribution in [1.29, 1.82) is 0 Å². The lowest BCUT2D eigenvalue weighted by Gasteiger charge is -2.35. The molecule has 0 saturated carbocycles. The Morgan fingerprint density at radius 3 is 2.44 bits per heavy atom. The Morgan fingerprint density at radius 2 is 2.06 bits per heavy atom. The lowest BCUT2D eigenvalue weighted by atomic mass is 9.99. The smallest absolute Gasteiger partial charge is 0.322 e. The third-order valence-electron chi connectivity index (χ3n) is 3.49. The summed E-state index contributed by atoms with van der Waals surface area (Å²) in [4.78, 5) is 13.6. The van der Waals surface area contributed by atoms with E-state index in [1.165, 1.54) is 7.11 Å². The minimum absolute atomic E-state index is 0.175. The predicted octanol–water partition coefficient (Wildman–Crippen LogP) is 1.26. The highest BCUT2D eigenvalue weighted by Gasteiger charge is 2.23. The number of hydrogen-bond donors (Lipinski definition) is 1. The predicted molar refractivity (Wildman–Crippen MR) is 66.5 cm³/mol. The number of nitrogens with zero attached hydrogens (tertiary/aromatic N) is 1. The van der Waals surface area contributed by atoms with Crippen LogP contribution in [0.3, 0.4) is 0 Å². The Kier molecular flexibility index (Phi) is 6.60. The summed E-state index contributed by atoms with van der Waals surface area (Å²) in [6, 6.07) is -0.208. The molecule has 1 N–H and O–H groups in total. The van der Waals surface area contributed by atoms with Gasteiger partial charge in [0.2, 0.25) is 0 Å². The number of methoxy groups -OCH3 is 1. The molecule has 0 saturated heterocycles. The van der Waals surface area contributed by atoms with Gasteiger partial charge in [-0.2, -0.15) is 0 Å². The number of carbonyl (C=O) groups excluding carboxylic acids is 1. The van der Waals surface area contributed by atoms with Gasteiger partial charge in [0.25, 0.3) is 0 Å². The standard InChI is InChI=1S/C12H26N2O2/c1-7-12(2,3)14(5)9-8-10(13-4)11(15)16-6/h10,13H,7-9H2,1-6H3. The molecule has 0 aliphatic heterocycles. The maximum absolute atomic E-state index is 11.4. The van der Waals surface area contributed by atoms with Crippen LogP contribution in [0.1, 0.15) is 33.6 Å². The minimum Gasteiger partial charge on any atom is -0.468 e. The quantitative estimate of drug-likeness (QED) is 0.669. The summed E-state index contributed by atoms with van der Waals surface area (Å²) in [5, 5.41) is 2.98. The van der Waals surface area contributed by atoms with E-state index in [4.69, 9.17) is 4.74 Å². The first-order chi connectivity index (χ1) is 7.38. The van der Waals surface area contributed by atoms with Crippen LogP contribution in [0.25, 0.3) is 0 Å². The van der Waals surface area contributed by atoms with Crippen molar-refractivity contribution in [2.45, 2.75) is 45.2 Å². The largest absolute Gasteiger partial charge is 0.468 e. The summed E-state index contributed by atoms with van der Waals surface area (Å²) in [7, 11) is 5.30. The van der Waals surface area contributed by atoms with Crippen molar-refractivity contribution in [2.24, 2.45) is 0 Å². The van der Waals surface area contributed by atoms with Crippen LogP contribution < -0.4 is 5.32 Å². The van der Waals surface area contributed by atoms with Crippen LogP contribution in [-0.4, -0.2) is 50.2 Å². The molecule has 0 amide bonds. The summed E-state index contributed by atoms with van der Waals surface area (Å²) in [5.74, 6) is -0.190. The lowest BCUT2D eigenvalue weighted by molar-refractivity contribution is -0.143. The van der Waals surface area contributed by atoms with Gasteiger partial charge >= 0.3 is 5.97 Å². The molecule has 0 rings (SSSR count). The summed E-state index contributed by atoms with van der Waals surface area (Å²) in [6.45, 7) is 7.47. The monoisotopic (exact) mass is 230 g/mol. The van der Waals surface area contributed by atoms with Crippen LogP contribution in [0.4, 0.5) is 0 Å². The molecule has 96 valence electrons. The number of carbonyl (C=O) groups is 1. The Morgan fingerprint density at radius 1 is 1.50 bits per heavy atom. The second-order valence-corrected chi connectivity index (χ2v) is 4.74. The van der Waals surface area contributed by atoms with E-state index in [9.17, 15) is 4.79 Å². The number of esters is 1. The van der Waals surface area contributed by atoms with Gasteiger partial charge in [-0.05, 0) is 40.8 Å². The van der Waals surface area contributed by atoms with E-state index >= 15 is 0 Å². The Labute approximate surface area is 99.3 Å². The van der Waals surface area contributed by atoms with Gasteiger partial charge in [0.05, 0.1) is 7.11 Å². The van der Waals surface area contributed by atoms with E-state index < -0.39 is 0 Å². The molecule has 0 heterocycles. The summed E-state index contributed by atoms with van der Waals surface area (Å²) in [6.07, 6.45) is 1.86. The van der Waals surface area contributed by atoms with Crippen molar-refractivity contribution >= 4 is 5.97 Å². The third-order valence-corrected chi connectivity index (χ3v) is 3.49. The van der Waals surface area contributed by atoms with Gasteiger partial charge in [-0.3, -0.25) is 4.79 Å². The molecule has 0 aromatic rings. The Hall–Kier alpha value is -0.610. The summed E-state index contributed by atoms with van der Waals surface area (Å²) >= 11 is 0. The highest BCUT2D eigenvalue weighted by atomic mass is 16.5. The second kappa shape index (κ2) is 6.86. The van der Waals surface area contributed by atoms with E-state index in [0.29, 0.717) is 0 Å². The summed E-state index contributed by atoms with van der Waals surface area (Å²) < 4.78 is 4.73. The fourth-order valence-electron chi connectivity index (χ4n) is 1.42. The van der Waals surface area contributed by atoms with Gasteiger partial charge in [-0.15, -0.1) is 0 Å². The fourth-order valence-corrected chi connectivity index (χ4v) is 1.42. The molecule has 0 bridgehead atoms. The van der Waals surface area contributed by atoms with E-state index in [1.54, 1.807) is 7.05 Å². The average molecular weight is 230 g/mol. The Balaban J connectivity index is 4.17. The molecule has 4 nitrogen and oxygen atoms in total. The highest BCUT2D eigenvalue weighted by molar-refractivity contribution is 5.75. The van der Waals surface area contributed by atoms with Crippen LogP contribution in [0.2, 0.25) is 0 Å². The second-order valence-electron chi connectivity index (χ2n) is 4.74. The molecule has 16 heavy (non-hydrogen) atoms. The van der Waals surface area contributed by atoms with Crippen LogP contribution in [-0.2, 0) is 9.53 Å². The molecule has 0 fully saturated rings. The van der Waals surface area contributed by atoms with Gasteiger partial charge in [0, 0.05) is 12.1 Å².